The first-order valence-electron chi connectivity index (χ1n) is 13.4. The fourth-order valence-electron chi connectivity index (χ4n) is 5.21. The van der Waals surface area contributed by atoms with Crippen molar-refractivity contribution in [2.75, 3.05) is 19.8 Å². The maximum atomic E-state index is 13.6. The van der Waals surface area contributed by atoms with E-state index in [-0.39, 0.29) is 17.0 Å². The number of pyridine rings is 1. The molecule has 1 saturated heterocycles. The number of ketones is 1. The van der Waals surface area contributed by atoms with Crippen LogP contribution in [-0.4, -0.2) is 60.4 Å². The predicted octanol–water partition coefficient (Wildman–Crippen LogP) is 4.46. The van der Waals surface area contributed by atoms with Crippen LogP contribution in [0.15, 0.2) is 60.8 Å². The summed E-state index contributed by atoms with van der Waals surface area (Å²) in [5, 5.41) is 11.7. The van der Waals surface area contributed by atoms with Crippen LogP contribution in [0.4, 0.5) is 0 Å². The number of aryl methyl sites for hydroxylation is 3. The second kappa shape index (κ2) is 11.3. The molecular formula is C30H33N5O5. The molecule has 3 aromatic heterocycles. The Hall–Kier alpha value is -4.60. The quantitative estimate of drug-likeness (QED) is 0.179. The van der Waals surface area contributed by atoms with Gasteiger partial charge in [0.05, 0.1) is 36.8 Å². The van der Waals surface area contributed by atoms with Gasteiger partial charge >= 0.3 is 0 Å². The van der Waals surface area contributed by atoms with Crippen molar-refractivity contribution in [2.24, 2.45) is 0 Å². The number of ether oxygens (including phenoxy) is 2. The minimum Gasteiger partial charge on any atom is -0.505 e. The number of fused-ring (bicyclic) bond motifs is 1. The lowest BCUT2D eigenvalue weighted by atomic mass is 9.96. The van der Waals surface area contributed by atoms with Gasteiger partial charge in [-0.2, -0.15) is 0 Å². The smallest absolute Gasteiger partial charge is 0.295 e. The van der Waals surface area contributed by atoms with Gasteiger partial charge in [-0.3, -0.25) is 9.59 Å². The normalized spacial score (nSPS) is 16.7. The van der Waals surface area contributed by atoms with Gasteiger partial charge in [-0.25, -0.2) is 9.97 Å². The lowest BCUT2D eigenvalue weighted by Gasteiger charge is -2.26. The molecule has 1 fully saturated rings. The Morgan fingerprint density at radius 3 is 2.50 bits per heavy atom. The van der Waals surface area contributed by atoms with Crippen molar-refractivity contribution >= 4 is 23.1 Å². The summed E-state index contributed by atoms with van der Waals surface area (Å²) in [6, 6.07) is 8.36. The van der Waals surface area contributed by atoms with E-state index in [0.717, 1.165) is 5.56 Å². The van der Waals surface area contributed by atoms with E-state index in [2.05, 4.69) is 9.97 Å². The zero-order chi connectivity index (χ0) is 28.4. The van der Waals surface area contributed by atoms with Gasteiger partial charge < -0.3 is 28.4 Å². The van der Waals surface area contributed by atoms with Gasteiger partial charge in [0, 0.05) is 31.7 Å². The summed E-state index contributed by atoms with van der Waals surface area (Å²) in [6.45, 7) is 9.30. The zero-order valence-corrected chi connectivity index (χ0v) is 23.1. The van der Waals surface area contributed by atoms with E-state index in [1.807, 2.05) is 61.2 Å². The number of amides is 1. The third-order valence-electron chi connectivity index (χ3n) is 7.11. The molecule has 5 rings (SSSR count). The highest BCUT2D eigenvalue weighted by atomic mass is 16.5. The Bertz CT molecular complexity index is 1590. The third-order valence-corrected chi connectivity index (χ3v) is 7.11. The molecule has 1 aliphatic rings. The number of carbonyl (C=O) groups excluding carboxylic acids is 2. The Morgan fingerprint density at radius 2 is 1.80 bits per heavy atom. The molecule has 4 aromatic rings. The van der Waals surface area contributed by atoms with Crippen molar-refractivity contribution < 1.29 is 24.2 Å². The number of benzene rings is 1. The molecule has 40 heavy (non-hydrogen) atoms. The van der Waals surface area contributed by atoms with E-state index in [1.165, 1.54) is 4.90 Å². The van der Waals surface area contributed by atoms with Crippen molar-refractivity contribution in [2.45, 2.75) is 46.7 Å². The van der Waals surface area contributed by atoms with Crippen LogP contribution in [0.1, 0.15) is 48.8 Å². The number of hydrogen-bond acceptors (Lipinski definition) is 7. The van der Waals surface area contributed by atoms with Crippen LogP contribution in [0.3, 0.4) is 0 Å². The van der Waals surface area contributed by atoms with Crippen LogP contribution in [0.5, 0.6) is 11.5 Å². The van der Waals surface area contributed by atoms with Crippen LogP contribution in [0.2, 0.25) is 0 Å². The molecule has 0 aliphatic carbocycles. The number of nitrogens with zero attached hydrogens (tertiary/aromatic N) is 5. The summed E-state index contributed by atoms with van der Waals surface area (Å²) in [7, 11) is 0. The number of carbonyl (C=O) groups is 2. The van der Waals surface area contributed by atoms with Gasteiger partial charge in [-0.15, -0.1) is 0 Å². The minimum absolute atomic E-state index is 0.00315. The summed E-state index contributed by atoms with van der Waals surface area (Å²) >= 11 is 0. The molecule has 4 heterocycles. The highest BCUT2D eigenvalue weighted by Gasteiger charge is 2.46. The number of aliphatic hydroxyl groups excluding tert-OH is 1. The maximum Gasteiger partial charge on any atom is 0.295 e. The highest BCUT2D eigenvalue weighted by Crippen LogP contribution is 2.42. The summed E-state index contributed by atoms with van der Waals surface area (Å²) in [5.41, 5.74) is 3.17. The second-order valence-electron chi connectivity index (χ2n) is 9.65. The highest BCUT2D eigenvalue weighted by molar-refractivity contribution is 6.46. The molecule has 0 saturated carbocycles. The van der Waals surface area contributed by atoms with Crippen LogP contribution < -0.4 is 9.47 Å². The molecule has 1 aromatic carbocycles. The zero-order valence-electron chi connectivity index (χ0n) is 23.1. The van der Waals surface area contributed by atoms with Crippen molar-refractivity contribution in [1.82, 2.24) is 23.8 Å². The summed E-state index contributed by atoms with van der Waals surface area (Å²) < 4.78 is 15.4. The van der Waals surface area contributed by atoms with E-state index < -0.39 is 17.7 Å². The monoisotopic (exact) mass is 543 g/mol. The third kappa shape index (κ3) is 4.81. The summed E-state index contributed by atoms with van der Waals surface area (Å²) in [6.07, 6.45) is 7.69. The number of hydrogen-bond donors (Lipinski definition) is 1. The summed E-state index contributed by atoms with van der Waals surface area (Å²) in [5.74, 6) is -0.637. The van der Waals surface area contributed by atoms with Crippen molar-refractivity contribution in [3.05, 3.63) is 83.3 Å². The topological polar surface area (TPSA) is 111 Å². The molecule has 1 aliphatic heterocycles. The molecule has 0 radical (unpaired) electrons. The lowest BCUT2D eigenvalue weighted by molar-refractivity contribution is -0.139. The van der Waals surface area contributed by atoms with E-state index in [4.69, 9.17) is 9.47 Å². The first-order valence-corrected chi connectivity index (χ1v) is 13.4. The number of aromatic nitrogens is 4. The molecule has 10 heteroatoms. The van der Waals surface area contributed by atoms with Crippen molar-refractivity contribution in [1.29, 1.82) is 0 Å². The predicted molar refractivity (Wildman–Crippen MR) is 149 cm³/mol. The number of imidazole rings is 2. The van der Waals surface area contributed by atoms with Crippen LogP contribution >= 0.6 is 0 Å². The van der Waals surface area contributed by atoms with Gasteiger partial charge in [-0.05, 0) is 63.4 Å². The average Bonchev–Trinajstić information content (AvgIpc) is 3.64. The van der Waals surface area contributed by atoms with Gasteiger partial charge in [0.25, 0.3) is 11.7 Å². The number of likely N-dealkylation sites (tertiary alicyclic amines) is 1. The Morgan fingerprint density at radius 1 is 1.02 bits per heavy atom. The number of rotatable bonds is 10. The molecule has 1 unspecified atom stereocenters. The van der Waals surface area contributed by atoms with Gasteiger partial charge in [-0.1, -0.05) is 12.1 Å². The number of Topliss-reactive ketones (excluding diaryl/α,β-unsaturated/α-hetero) is 1. The van der Waals surface area contributed by atoms with E-state index in [0.29, 0.717) is 61.1 Å². The molecule has 0 bridgehead atoms. The van der Waals surface area contributed by atoms with Crippen LogP contribution in [0, 0.1) is 13.8 Å². The molecule has 1 N–H and O–H groups in total. The fraction of sp³-hybridized carbons (Fsp3) is 0.333. The summed E-state index contributed by atoms with van der Waals surface area (Å²) in [4.78, 5) is 37.3. The molecule has 1 atom stereocenters. The van der Waals surface area contributed by atoms with Crippen LogP contribution in [-0.2, 0) is 16.1 Å². The van der Waals surface area contributed by atoms with Gasteiger partial charge in [0.2, 0.25) is 0 Å². The van der Waals surface area contributed by atoms with E-state index in [9.17, 15) is 14.7 Å². The standard InChI is InChI=1S/C30H33N5O5/c1-5-39-22-11-10-21(17-23(22)40-6-2)26-24(27(36)25-20(4)34-14-7-9-19(3)29(34)32-25)28(37)30(38)35(26)15-8-13-33-16-12-31-18-33/h7,9-12,14,16-18,26,36H,5-6,8,13,15H2,1-4H3/b27-24+. The minimum atomic E-state index is -0.831. The number of aliphatic hydroxyl groups is 1. The molecule has 10 nitrogen and oxygen atoms in total. The molecule has 208 valence electrons. The van der Waals surface area contributed by atoms with E-state index in [1.54, 1.807) is 30.7 Å². The fourth-order valence-corrected chi connectivity index (χ4v) is 5.21. The molecule has 1 amide bonds. The molecule has 0 spiro atoms. The second-order valence-corrected chi connectivity index (χ2v) is 9.65. The SMILES string of the molecule is CCOc1ccc(C2/C(=C(\O)c3nc4c(C)cccn4c3C)C(=O)C(=O)N2CCCn2ccnc2)cc1OCC. The Labute approximate surface area is 232 Å². The first-order chi connectivity index (χ1) is 19.3. The largest absolute Gasteiger partial charge is 0.505 e. The molecular weight excluding hydrogens is 510 g/mol. The van der Waals surface area contributed by atoms with Crippen LogP contribution in [0.25, 0.3) is 11.4 Å². The van der Waals surface area contributed by atoms with Crippen molar-refractivity contribution in [3.63, 3.8) is 0 Å². The maximum absolute atomic E-state index is 13.6. The first kappa shape index (κ1) is 27.0. The Balaban J connectivity index is 1.63. The lowest BCUT2D eigenvalue weighted by Crippen LogP contribution is -2.31. The van der Waals surface area contributed by atoms with Gasteiger partial charge in [0.15, 0.2) is 17.3 Å². The van der Waals surface area contributed by atoms with E-state index >= 15 is 0 Å². The average molecular weight is 544 g/mol. The Kier molecular flexibility index (Phi) is 7.59. The van der Waals surface area contributed by atoms with Gasteiger partial charge in [0.1, 0.15) is 11.3 Å². The van der Waals surface area contributed by atoms with Crippen molar-refractivity contribution in [3.8, 4) is 11.5 Å².